The van der Waals surface area contributed by atoms with Crippen LogP contribution in [0.1, 0.15) is 31.5 Å². The number of thiazole rings is 1. The van der Waals surface area contributed by atoms with Crippen molar-refractivity contribution in [2.24, 2.45) is 5.92 Å². The summed E-state index contributed by atoms with van der Waals surface area (Å²) in [5, 5.41) is 5.85. The molecule has 1 N–H and O–H groups in total. The van der Waals surface area contributed by atoms with E-state index in [2.05, 4.69) is 24.1 Å². The normalized spacial score (nSPS) is 10.9. The van der Waals surface area contributed by atoms with Gasteiger partial charge in [-0.1, -0.05) is 13.8 Å². The Balaban J connectivity index is 2.05. The molecule has 2 rings (SSSR count). The Bertz CT molecular complexity index is 557. The minimum Gasteiger partial charge on any atom is -0.458 e. The minimum absolute atomic E-state index is 0.0640. The maximum Gasteiger partial charge on any atom is 0.217 e. The van der Waals surface area contributed by atoms with E-state index in [0.717, 1.165) is 28.6 Å². The van der Waals surface area contributed by atoms with Crippen molar-refractivity contribution in [3.8, 4) is 11.5 Å². The molecule has 0 aliphatic rings. The molecule has 0 saturated heterocycles. The Hall–Kier alpha value is -1.62. The SMILES string of the molecule is CC(=O)NCc1ccc(-c2csc(CC(C)C)n2)o1. The summed E-state index contributed by atoms with van der Waals surface area (Å²) < 4.78 is 5.67. The van der Waals surface area contributed by atoms with E-state index in [1.807, 2.05) is 17.5 Å². The van der Waals surface area contributed by atoms with E-state index in [1.54, 1.807) is 11.3 Å². The quantitative estimate of drug-likeness (QED) is 0.913. The predicted octanol–water partition coefficient (Wildman–Crippen LogP) is 3.24. The van der Waals surface area contributed by atoms with Crippen LogP contribution >= 0.6 is 11.3 Å². The zero-order chi connectivity index (χ0) is 13.8. The van der Waals surface area contributed by atoms with Crippen LogP contribution in [0.15, 0.2) is 21.9 Å². The molecule has 0 aliphatic heterocycles. The standard InChI is InChI=1S/C14H18N2O2S/c1-9(2)6-14-16-12(8-19-14)13-5-4-11(18-13)7-15-10(3)17/h4-5,8-9H,6-7H2,1-3H3,(H,15,17). The number of hydrogen-bond donors (Lipinski definition) is 1. The van der Waals surface area contributed by atoms with Crippen LogP contribution in [-0.4, -0.2) is 10.9 Å². The Labute approximate surface area is 116 Å². The van der Waals surface area contributed by atoms with Gasteiger partial charge in [0.1, 0.15) is 11.5 Å². The van der Waals surface area contributed by atoms with Crippen molar-refractivity contribution in [2.75, 3.05) is 0 Å². The highest BCUT2D eigenvalue weighted by atomic mass is 32.1. The third-order valence-electron chi connectivity index (χ3n) is 2.56. The molecule has 4 nitrogen and oxygen atoms in total. The number of carbonyl (C=O) groups is 1. The lowest BCUT2D eigenvalue weighted by Gasteiger charge is -1.98. The summed E-state index contributed by atoms with van der Waals surface area (Å²) in [5.74, 6) is 2.03. The molecule has 0 spiro atoms. The number of nitrogens with one attached hydrogen (secondary N) is 1. The maximum absolute atomic E-state index is 10.8. The Morgan fingerprint density at radius 2 is 2.26 bits per heavy atom. The third kappa shape index (κ3) is 3.92. The topological polar surface area (TPSA) is 55.1 Å². The van der Waals surface area contributed by atoms with E-state index in [4.69, 9.17) is 4.42 Å². The van der Waals surface area contributed by atoms with Gasteiger partial charge in [-0.25, -0.2) is 4.98 Å². The van der Waals surface area contributed by atoms with Crippen molar-refractivity contribution in [3.63, 3.8) is 0 Å². The molecule has 2 heterocycles. The average molecular weight is 278 g/mol. The number of hydrogen-bond acceptors (Lipinski definition) is 4. The summed E-state index contributed by atoms with van der Waals surface area (Å²) in [4.78, 5) is 15.4. The van der Waals surface area contributed by atoms with E-state index in [9.17, 15) is 4.79 Å². The largest absolute Gasteiger partial charge is 0.458 e. The minimum atomic E-state index is -0.0640. The van der Waals surface area contributed by atoms with Gasteiger partial charge in [-0.05, 0) is 18.1 Å². The van der Waals surface area contributed by atoms with E-state index >= 15 is 0 Å². The first kappa shape index (κ1) is 13.8. The summed E-state index contributed by atoms with van der Waals surface area (Å²) in [6.45, 7) is 6.26. The summed E-state index contributed by atoms with van der Waals surface area (Å²) >= 11 is 1.66. The Morgan fingerprint density at radius 3 is 2.95 bits per heavy atom. The summed E-state index contributed by atoms with van der Waals surface area (Å²) in [6, 6.07) is 3.76. The smallest absolute Gasteiger partial charge is 0.217 e. The predicted molar refractivity (Wildman–Crippen MR) is 75.9 cm³/mol. The zero-order valence-corrected chi connectivity index (χ0v) is 12.2. The van der Waals surface area contributed by atoms with Gasteiger partial charge in [-0.2, -0.15) is 0 Å². The first-order chi connectivity index (χ1) is 9.04. The van der Waals surface area contributed by atoms with Gasteiger partial charge in [0.25, 0.3) is 0 Å². The molecule has 0 atom stereocenters. The van der Waals surface area contributed by atoms with Gasteiger partial charge in [0.2, 0.25) is 5.91 Å². The van der Waals surface area contributed by atoms with Crippen molar-refractivity contribution >= 4 is 17.2 Å². The van der Waals surface area contributed by atoms with Crippen LogP contribution in [0.4, 0.5) is 0 Å². The average Bonchev–Trinajstić information content (AvgIpc) is 2.93. The molecule has 5 heteroatoms. The number of rotatable bonds is 5. The molecule has 1 amide bonds. The van der Waals surface area contributed by atoms with Crippen LogP contribution in [0.2, 0.25) is 0 Å². The fourth-order valence-electron chi connectivity index (χ4n) is 1.69. The van der Waals surface area contributed by atoms with Crippen LogP contribution in [0.5, 0.6) is 0 Å². The maximum atomic E-state index is 10.8. The molecule has 0 fully saturated rings. The molecular weight excluding hydrogens is 260 g/mol. The molecule has 2 aromatic heterocycles. The van der Waals surface area contributed by atoms with Crippen LogP contribution in [0, 0.1) is 5.92 Å². The highest BCUT2D eigenvalue weighted by Crippen LogP contribution is 2.25. The lowest BCUT2D eigenvalue weighted by atomic mass is 10.1. The zero-order valence-electron chi connectivity index (χ0n) is 11.4. The van der Waals surface area contributed by atoms with Crippen LogP contribution in [-0.2, 0) is 17.8 Å². The number of aromatic nitrogens is 1. The van der Waals surface area contributed by atoms with Gasteiger partial charge in [-0.3, -0.25) is 4.79 Å². The van der Waals surface area contributed by atoms with E-state index in [-0.39, 0.29) is 5.91 Å². The highest BCUT2D eigenvalue weighted by Gasteiger charge is 2.10. The van der Waals surface area contributed by atoms with Crippen molar-refractivity contribution in [1.29, 1.82) is 0 Å². The molecule has 0 aliphatic carbocycles. The molecule has 19 heavy (non-hydrogen) atoms. The number of furan rings is 1. The molecule has 0 unspecified atom stereocenters. The first-order valence-corrected chi connectivity index (χ1v) is 7.20. The van der Waals surface area contributed by atoms with E-state index in [1.165, 1.54) is 6.92 Å². The van der Waals surface area contributed by atoms with E-state index in [0.29, 0.717) is 12.5 Å². The summed E-state index contributed by atoms with van der Waals surface area (Å²) in [7, 11) is 0. The van der Waals surface area contributed by atoms with Crippen LogP contribution < -0.4 is 5.32 Å². The number of amides is 1. The number of carbonyl (C=O) groups excluding carboxylic acids is 1. The van der Waals surface area contributed by atoms with Gasteiger partial charge < -0.3 is 9.73 Å². The second-order valence-electron chi connectivity index (χ2n) is 4.90. The second kappa shape index (κ2) is 6.02. The Kier molecular flexibility index (Phi) is 4.37. The fourth-order valence-corrected chi connectivity index (χ4v) is 2.69. The highest BCUT2D eigenvalue weighted by molar-refractivity contribution is 7.09. The van der Waals surface area contributed by atoms with Crippen LogP contribution in [0.25, 0.3) is 11.5 Å². The monoisotopic (exact) mass is 278 g/mol. The van der Waals surface area contributed by atoms with Crippen molar-refractivity contribution < 1.29 is 9.21 Å². The Morgan fingerprint density at radius 1 is 1.47 bits per heavy atom. The fraction of sp³-hybridized carbons (Fsp3) is 0.429. The van der Waals surface area contributed by atoms with Gasteiger partial charge in [0.15, 0.2) is 5.76 Å². The lowest BCUT2D eigenvalue weighted by Crippen LogP contribution is -2.18. The number of nitrogens with zero attached hydrogens (tertiary/aromatic N) is 1. The van der Waals surface area contributed by atoms with Gasteiger partial charge >= 0.3 is 0 Å². The molecule has 0 saturated carbocycles. The lowest BCUT2D eigenvalue weighted by molar-refractivity contribution is -0.119. The molecule has 2 aromatic rings. The van der Waals surface area contributed by atoms with Gasteiger partial charge in [0, 0.05) is 18.7 Å². The third-order valence-corrected chi connectivity index (χ3v) is 3.43. The molecule has 102 valence electrons. The molecule has 0 bridgehead atoms. The summed E-state index contributed by atoms with van der Waals surface area (Å²) in [5.41, 5.74) is 0.870. The van der Waals surface area contributed by atoms with Gasteiger partial charge in [0.05, 0.1) is 11.6 Å². The van der Waals surface area contributed by atoms with Crippen molar-refractivity contribution in [2.45, 2.75) is 33.7 Å². The summed E-state index contributed by atoms with van der Waals surface area (Å²) in [6.07, 6.45) is 0.990. The second-order valence-corrected chi connectivity index (χ2v) is 5.84. The molecule has 0 aromatic carbocycles. The van der Waals surface area contributed by atoms with Crippen molar-refractivity contribution in [3.05, 3.63) is 28.3 Å². The van der Waals surface area contributed by atoms with E-state index < -0.39 is 0 Å². The molecular formula is C14H18N2O2S. The molecule has 0 radical (unpaired) electrons. The van der Waals surface area contributed by atoms with Crippen molar-refractivity contribution in [1.82, 2.24) is 10.3 Å². The van der Waals surface area contributed by atoms with Crippen LogP contribution in [0.3, 0.4) is 0 Å². The van der Waals surface area contributed by atoms with Gasteiger partial charge in [-0.15, -0.1) is 11.3 Å². The first-order valence-electron chi connectivity index (χ1n) is 6.32.